The first-order valence-electron chi connectivity index (χ1n) is 4.78. The third kappa shape index (κ3) is 2.52. The van der Waals surface area contributed by atoms with E-state index in [9.17, 15) is 0 Å². The number of aromatic nitrogens is 3. The molecule has 1 atom stereocenters. The largest absolute Gasteiger partial charge is 0.388 e. The lowest BCUT2D eigenvalue weighted by atomic mass is 10.1. The monoisotopic (exact) mass is 183 g/mol. The summed E-state index contributed by atoms with van der Waals surface area (Å²) < 4.78 is 1.94. The van der Waals surface area contributed by atoms with Crippen molar-refractivity contribution in [1.29, 1.82) is 0 Å². The van der Waals surface area contributed by atoms with Crippen LogP contribution in [0, 0.1) is 0 Å². The first kappa shape index (κ1) is 10.2. The standard InChI is InChI=1S/C9H17N3O/c1-3-4-5-8(2)12-7-10-11-9(12)6-13/h7-8,13H,3-6H2,1-2H3. The molecule has 0 aliphatic heterocycles. The third-order valence-corrected chi connectivity index (χ3v) is 2.24. The fourth-order valence-electron chi connectivity index (χ4n) is 1.39. The van der Waals surface area contributed by atoms with E-state index in [1.807, 2.05) is 4.57 Å². The summed E-state index contributed by atoms with van der Waals surface area (Å²) in [7, 11) is 0. The minimum atomic E-state index is -0.0313. The van der Waals surface area contributed by atoms with E-state index in [1.165, 1.54) is 12.8 Å². The van der Waals surface area contributed by atoms with Crippen molar-refractivity contribution in [2.75, 3.05) is 0 Å². The van der Waals surface area contributed by atoms with Crippen LogP contribution in [0.5, 0.6) is 0 Å². The van der Waals surface area contributed by atoms with Crippen LogP contribution in [0.3, 0.4) is 0 Å². The molecule has 0 amide bonds. The molecule has 0 aliphatic carbocycles. The first-order valence-corrected chi connectivity index (χ1v) is 4.78. The summed E-state index contributed by atoms with van der Waals surface area (Å²) in [4.78, 5) is 0. The van der Waals surface area contributed by atoms with E-state index in [4.69, 9.17) is 5.11 Å². The quantitative estimate of drug-likeness (QED) is 0.753. The van der Waals surface area contributed by atoms with Gasteiger partial charge >= 0.3 is 0 Å². The van der Waals surface area contributed by atoms with E-state index in [2.05, 4.69) is 24.0 Å². The lowest BCUT2D eigenvalue weighted by Crippen LogP contribution is -2.08. The Labute approximate surface area is 78.6 Å². The van der Waals surface area contributed by atoms with Gasteiger partial charge in [-0.1, -0.05) is 19.8 Å². The van der Waals surface area contributed by atoms with Crippen molar-refractivity contribution in [3.63, 3.8) is 0 Å². The van der Waals surface area contributed by atoms with Gasteiger partial charge in [-0.25, -0.2) is 0 Å². The molecule has 1 aromatic rings. The van der Waals surface area contributed by atoms with Gasteiger partial charge in [0.1, 0.15) is 12.9 Å². The highest BCUT2D eigenvalue weighted by molar-refractivity contribution is 4.85. The Morgan fingerprint density at radius 2 is 2.38 bits per heavy atom. The van der Waals surface area contributed by atoms with Gasteiger partial charge in [-0.3, -0.25) is 0 Å². The maximum atomic E-state index is 8.96. The molecule has 1 heterocycles. The molecule has 0 aliphatic rings. The minimum absolute atomic E-state index is 0.0313. The molecular formula is C9H17N3O. The van der Waals surface area contributed by atoms with Gasteiger partial charge in [-0.05, 0) is 13.3 Å². The number of aliphatic hydroxyl groups is 1. The molecule has 13 heavy (non-hydrogen) atoms. The Morgan fingerprint density at radius 3 is 3.00 bits per heavy atom. The lowest BCUT2D eigenvalue weighted by molar-refractivity contribution is 0.259. The van der Waals surface area contributed by atoms with Gasteiger partial charge in [-0.15, -0.1) is 10.2 Å². The molecule has 0 fully saturated rings. The number of aliphatic hydroxyl groups excluding tert-OH is 1. The molecule has 1 rings (SSSR count). The molecule has 1 N–H and O–H groups in total. The normalized spacial score (nSPS) is 13.2. The number of hydrogen-bond acceptors (Lipinski definition) is 3. The Balaban J connectivity index is 2.59. The molecule has 74 valence electrons. The lowest BCUT2D eigenvalue weighted by Gasteiger charge is -2.13. The van der Waals surface area contributed by atoms with Crippen LogP contribution >= 0.6 is 0 Å². The zero-order chi connectivity index (χ0) is 9.68. The predicted octanol–water partition coefficient (Wildman–Crippen LogP) is 1.52. The van der Waals surface area contributed by atoms with Crippen molar-refractivity contribution in [2.24, 2.45) is 0 Å². The summed E-state index contributed by atoms with van der Waals surface area (Å²) in [5.41, 5.74) is 0. The Morgan fingerprint density at radius 1 is 1.62 bits per heavy atom. The van der Waals surface area contributed by atoms with Crippen LogP contribution in [-0.4, -0.2) is 19.9 Å². The summed E-state index contributed by atoms with van der Waals surface area (Å²) in [5.74, 6) is 0.656. The van der Waals surface area contributed by atoms with Crippen molar-refractivity contribution in [3.05, 3.63) is 12.2 Å². The minimum Gasteiger partial charge on any atom is -0.388 e. The summed E-state index contributed by atoms with van der Waals surface area (Å²) in [5, 5.41) is 16.6. The molecule has 0 radical (unpaired) electrons. The highest BCUT2D eigenvalue weighted by atomic mass is 16.3. The van der Waals surface area contributed by atoms with Crippen molar-refractivity contribution in [1.82, 2.24) is 14.8 Å². The molecule has 0 bridgehead atoms. The highest BCUT2D eigenvalue weighted by Gasteiger charge is 2.08. The maximum Gasteiger partial charge on any atom is 0.158 e. The Hall–Kier alpha value is -0.900. The average Bonchev–Trinajstić information content (AvgIpc) is 2.61. The first-order chi connectivity index (χ1) is 6.29. The SMILES string of the molecule is CCCCC(C)n1cnnc1CO. The van der Waals surface area contributed by atoms with E-state index >= 15 is 0 Å². The summed E-state index contributed by atoms with van der Waals surface area (Å²) in [6.07, 6.45) is 5.19. The number of nitrogens with zero attached hydrogens (tertiary/aromatic N) is 3. The Bertz CT molecular complexity index is 247. The van der Waals surface area contributed by atoms with E-state index < -0.39 is 0 Å². The van der Waals surface area contributed by atoms with E-state index in [1.54, 1.807) is 6.33 Å². The van der Waals surface area contributed by atoms with E-state index in [0.717, 1.165) is 6.42 Å². The van der Waals surface area contributed by atoms with Gasteiger partial charge in [0.2, 0.25) is 0 Å². The van der Waals surface area contributed by atoms with Crippen LogP contribution in [0.2, 0.25) is 0 Å². The van der Waals surface area contributed by atoms with Gasteiger partial charge < -0.3 is 9.67 Å². The van der Waals surface area contributed by atoms with Crippen LogP contribution < -0.4 is 0 Å². The fourth-order valence-corrected chi connectivity index (χ4v) is 1.39. The predicted molar refractivity (Wildman–Crippen MR) is 50.2 cm³/mol. The zero-order valence-corrected chi connectivity index (χ0v) is 8.27. The summed E-state index contributed by atoms with van der Waals surface area (Å²) in [6.45, 7) is 4.26. The molecule has 0 spiro atoms. The summed E-state index contributed by atoms with van der Waals surface area (Å²) >= 11 is 0. The molecule has 1 aromatic heterocycles. The van der Waals surface area contributed by atoms with Crippen LogP contribution in [0.15, 0.2) is 6.33 Å². The fraction of sp³-hybridized carbons (Fsp3) is 0.778. The van der Waals surface area contributed by atoms with Crippen molar-refractivity contribution in [3.8, 4) is 0 Å². The molecule has 4 heteroatoms. The van der Waals surface area contributed by atoms with Crippen LogP contribution in [-0.2, 0) is 6.61 Å². The molecule has 0 aromatic carbocycles. The van der Waals surface area contributed by atoms with Crippen LogP contribution in [0.1, 0.15) is 45.0 Å². The number of hydrogen-bond donors (Lipinski definition) is 1. The molecule has 1 unspecified atom stereocenters. The van der Waals surface area contributed by atoms with Crippen molar-refractivity contribution < 1.29 is 5.11 Å². The maximum absolute atomic E-state index is 8.96. The van der Waals surface area contributed by atoms with Gasteiger partial charge in [-0.2, -0.15) is 0 Å². The van der Waals surface area contributed by atoms with Gasteiger partial charge in [0, 0.05) is 6.04 Å². The topological polar surface area (TPSA) is 50.9 Å². The van der Waals surface area contributed by atoms with E-state index in [-0.39, 0.29) is 6.61 Å². The molecule has 0 saturated heterocycles. The second-order valence-corrected chi connectivity index (χ2v) is 3.30. The summed E-state index contributed by atoms with van der Waals surface area (Å²) in [6, 6.07) is 0.386. The zero-order valence-electron chi connectivity index (χ0n) is 8.27. The van der Waals surface area contributed by atoms with Crippen molar-refractivity contribution >= 4 is 0 Å². The molecule has 0 saturated carbocycles. The second kappa shape index (κ2) is 4.97. The van der Waals surface area contributed by atoms with Crippen molar-refractivity contribution in [2.45, 2.75) is 45.8 Å². The third-order valence-electron chi connectivity index (χ3n) is 2.24. The highest BCUT2D eigenvalue weighted by Crippen LogP contribution is 2.15. The van der Waals surface area contributed by atoms with E-state index in [0.29, 0.717) is 11.9 Å². The molecular weight excluding hydrogens is 166 g/mol. The van der Waals surface area contributed by atoms with Gasteiger partial charge in [0.25, 0.3) is 0 Å². The number of rotatable bonds is 5. The van der Waals surface area contributed by atoms with Gasteiger partial charge in [0.05, 0.1) is 0 Å². The second-order valence-electron chi connectivity index (χ2n) is 3.30. The van der Waals surface area contributed by atoms with Crippen LogP contribution in [0.4, 0.5) is 0 Å². The van der Waals surface area contributed by atoms with Gasteiger partial charge in [0.15, 0.2) is 5.82 Å². The molecule has 4 nitrogen and oxygen atoms in total. The smallest absolute Gasteiger partial charge is 0.158 e. The Kier molecular flexibility index (Phi) is 3.89. The number of unbranched alkanes of at least 4 members (excludes halogenated alkanes) is 1. The van der Waals surface area contributed by atoms with Crippen LogP contribution in [0.25, 0.3) is 0 Å². The average molecular weight is 183 g/mol.